The van der Waals surface area contributed by atoms with Crippen molar-refractivity contribution < 1.29 is 0 Å². The van der Waals surface area contributed by atoms with Crippen molar-refractivity contribution in [1.29, 1.82) is 5.26 Å². The zero-order valence-corrected chi connectivity index (χ0v) is 12.6. The van der Waals surface area contributed by atoms with Gasteiger partial charge in [-0.1, -0.05) is 32.0 Å². The van der Waals surface area contributed by atoms with Crippen molar-refractivity contribution >= 4 is 11.8 Å². The van der Waals surface area contributed by atoms with Crippen LogP contribution in [0.15, 0.2) is 29.2 Å². The summed E-state index contributed by atoms with van der Waals surface area (Å²) in [7, 11) is 0. The summed E-state index contributed by atoms with van der Waals surface area (Å²) in [4.78, 5) is 1.42. The van der Waals surface area contributed by atoms with E-state index in [1.54, 1.807) is 0 Å². The summed E-state index contributed by atoms with van der Waals surface area (Å²) in [6.07, 6.45) is 2.79. The fourth-order valence-electron chi connectivity index (χ4n) is 2.44. The molecule has 0 bridgehead atoms. The third-order valence-electron chi connectivity index (χ3n) is 3.70. The van der Waals surface area contributed by atoms with Gasteiger partial charge in [0.05, 0.1) is 6.07 Å². The predicted octanol–water partition coefficient (Wildman–Crippen LogP) is 4.14. The van der Waals surface area contributed by atoms with Gasteiger partial charge in [-0.2, -0.15) is 5.26 Å². The minimum atomic E-state index is 0.190. The summed E-state index contributed by atoms with van der Waals surface area (Å²) in [5, 5.41) is 12.4. The number of nitriles is 1. The summed E-state index contributed by atoms with van der Waals surface area (Å²) in [6, 6.07) is 11.4. The lowest BCUT2D eigenvalue weighted by atomic mass is 9.87. The van der Waals surface area contributed by atoms with Crippen LogP contribution in [-0.4, -0.2) is 12.3 Å². The van der Waals surface area contributed by atoms with Gasteiger partial charge in [-0.25, -0.2) is 0 Å². The molecule has 0 amide bonds. The van der Waals surface area contributed by atoms with E-state index in [2.05, 4.69) is 49.5 Å². The fraction of sp³-hybridized carbons (Fsp3) is 0.562. The van der Waals surface area contributed by atoms with Gasteiger partial charge in [0, 0.05) is 23.9 Å². The van der Waals surface area contributed by atoms with Crippen LogP contribution in [0.3, 0.4) is 0 Å². The van der Waals surface area contributed by atoms with Crippen LogP contribution in [0.1, 0.15) is 44.7 Å². The average molecular weight is 274 g/mol. The van der Waals surface area contributed by atoms with Crippen LogP contribution in [0.2, 0.25) is 0 Å². The lowest BCUT2D eigenvalue weighted by Gasteiger charge is -2.31. The first-order chi connectivity index (χ1) is 9.12. The quantitative estimate of drug-likeness (QED) is 0.876. The second-order valence-electron chi connectivity index (χ2n) is 5.93. The minimum Gasteiger partial charge on any atom is -0.309 e. The number of fused-ring (bicyclic) bond motifs is 1. The number of thioether (sulfide) groups is 1. The van der Waals surface area contributed by atoms with E-state index in [4.69, 9.17) is 5.26 Å². The van der Waals surface area contributed by atoms with Crippen LogP contribution >= 0.6 is 11.8 Å². The average Bonchev–Trinajstić information content (AvgIpc) is 2.43. The Morgan fingerprint density at radius 1 is 1.42 bits per heavy atom. The SMILES string of the molecule is CC(C)(CCC#N)CNC1CCSc2ccccc21. The lowest BCUT2D eigenvalue weighted by Crippen LogP contribution is -2.33. The number of benzene rings is 1. The highest BCUT2D eigenvalue weighted by Crippen LogP contribution is 2.36. The molecule has 1 atom stereocenters. The molecule has 0 aromatic heterocycles. The maximum absolute atomic E-state index is 8.70. The van der Waals surface area contributed by atoms with E-state index in [1.807, 2.05) is 11.8 Å². The highest BCUT2D eigenvalue weighted by Gasteiger charge is 2.23. The Kier molecular flexibility index (Phi) is 4.90. The minimum absolute atomic E-state index is 0.190. The van der Waals surface area contributed by atoms with Gasteiger partial charge in [0.25, 0.3) is 0 Å². The van der Waals surface area contributed by atoms with Crippen molar-refractivity contribution in [3.8, 4) is 6.07 Å². The Morgan fingerprint density at radius 3 is 3.00 bits per heavy atom. The van der Waals surface area contributed by atoms with Crippen molar-refractivity contribution in [1.82, 2.24) is 5.32 Å². The molecule has 1 aliphatic heterocycles. The standard InChI is InChI=1S/C16H22N2S/c1-16(2,9-5-10-17)12-18-14-8-11-19-15-7-4-3-6-13(14)15/h3-4,6-7,14,18H,5,8-9,11-12H2,1-2H3. The van der Waals surface area contributed by atoms with Gasteiger partial charge >= 0.3 is 0 Å². The molecule has 0 fully saturated rings. The number of rotatable bonds is 5. The molecule has 0 saturated carbocycles. The van der Waals surface area contributed by atoms with E-state index in [1.165, 1.54) is 22.6 Å². The number of hydrogen-bond acceptors (Lipinski definition) is 3. The zero-order chi connectivity index (χ0) is 13.7. The Labute approximate surface area is 120 Å². The third kappa shape index (κ3) is 3.99. The van der Waals surface area contributed by atoms with E-state index in [9.17, 15) is 0 Å². The van der Waals surface area contributed by atoms with Crippen LogP contribution in [0.4, 0.5) is 0 Å². The van der Waals surface area contributed by atoms with Gasteiger partial charge in [0.15, 0.2) is 0 Å². The molecule has 0 spiro atoms. The molecule has 1 aromatic rings. The molecule has 1 aliphatic rings. The second kappa shape index (κ2) is 6.45. The Hall–Kier alpha value is -0.980. The summed E-state index contributed by atoms with van der Waals surface area (Å²) in [5.41, 5.74) is 1.63. The summed E-state index contributed by atoms with van der Waals surface area (Å²) in [6.45, 7) is 5.44. The first kappa shape index (κ1) is 14.4. The maximum Gasteiger partial charge on any atom is 0.0621 e. The van der Waals surface area contributed by atoms with E-state index in [0.29, 0.717) is 12.5 Å². The molecule has 0 radical (unpaired) electrons. The molecular weight excluding hydrogens is 252 g/mol. The van der Waals surface area contributed by atoms with Crippen LogP contribution < -0.4 is 5.32 Å². The van der Waals surface area contributed by atoms with Crippen LogP contribution in [-0.2, 0) is 0 Å². The smallest absolute Gasteiger partial charge is 0.0621 e. The first-order valence-corrected chi connectivity index (χ1v) is 7.93. The molecule has 2 rings (SSSR count). The van der Waals surface area contributed by atoms with Gasteiger partial charge in [0.2, 0.25) is 0 Å². The van der Waals surface area contributed by atoms with E-state index < -0.39 is 0 Å². The maximum atomic E-state index is 8.70. The van der Waals surface area contributed by atoms with Gasteiger partial charge in [-0.05, 0) is 35.6 Å². The normalized spacial score (nSPS) is 18.7. The highest BCUT2D eigenvalue weighted by molar-refractivity contribution is 7.99. The largest absolute Gasteiger partial charge is 0.309 e. The summed E-state index contributed by atoms with van der Waals surface area (Å²) >= 11 is 1.96. The van der Waals surface area contributed by atoms with Crippen molar-refractivity contribution in [2.24, 2.45) is 5.41 Å². The number of nitrogens with zero attached hydrogens (tertiary/aromatic N) is 1. The van der Waals surface area contributed by atoms with Gasteiger partial charge in [-0.15, -0.1) is 11.8 Å². The molecule has 1 unspecified atom stereocenters. The van der Waals surface area contributed by atoms with Crippen molar-refractivity contribution in [3.05, 3.63) is 29.8 Å². The molecule has 3 heteroatoms. The molecular formula is C16H22N2S. The van der Waals surface area contributed by atoms with E-state index >= 15 is 0 Å². The molecule has 19 heavy (non-hydrogen) atoms. The Morgan fingerprint density at radius 2 is 2.21 bits per heavy atom. The van der Waals surface area contributed by atoms with Crippen LogP contribution in [0.25, 0.3) is 0 Å². The van der Waals surface area contributed by atoms with Crippen LogP contribution in [0.5, 0.6) is 0 Å². The molecule has 1 heterocycles. The Balaban J connectivity index is 1.96. The van der Waals surface area contributed by atoms with Crippen molar-refractivity contribution in [3.63, 3.8) is 0 Å². The van der Waals surface area contributed by atoms with Gasteiger partial charge < -0.3 is 5.32 Å². The van der Waals surface area contributed by atoms with E-state index in [0.717, 1.165) is 13.0 Å². The molecule has 0 saturated heterocycles. The zero-order valence-electron chi connectivity index (χ0n) is 11.8. The molecule has 102 valence electrons. The number of nitrogens with one attached hydrogen (secondary N) is 1. The second-order valence-corrected chi connectivity index (χ2v) is 7.07. The molecule has 1 N–H and O–H groups in total. The Bertz CT molecular complexity index is 462. The summed E-state index contributed by atoms with van der Waals surface area (Å²) in [5.74, 6) is 1.19. The highest BCUT2D eigenvalue weighted by atomic mass is 32.2. The van der Waals surface area contributed by atoms with Crippen molar-refractivity contribution in [2.75, 3.05) is 12.3 Å². The fourth-order valence-corrected chi connectivity index (χ4v) is 3.56. The number of hydrogen-bond donors (Lipinski definition) is 1. The molecule has 1 aromatic carbocycles. The van der Waals surface area contributed by atoms with Gasteiger partial charge in [0.1, 0.15) is 0 Å². The molecule has 0 aliphatic carbocycles. The van der Waals surface area contributed by atoms with Crippen molar-refractivity contribution in [2.45, 2.75) is 44.0 Å². The monoisotopic (exact) mass is 274 g/mol. The lowest BCUT2D eigenvalue weighted by molar-refractivity contribution is 0.297. The van der Waals surface area contributed by atoms with Crippen LogP contribution in [0, 0.1) is 16.7 Å². The molecule has 2 nitrogen and oxygen atoms in total. The van der Waals surface area contributed by atoms with Gasteiger partial charge in [-0.3, -0.25) is 0 Å². The van der Waals surface area contributed by atoms with E-state index in [-0.39, 0.29) is 5.41 Å². The first-order valence-electron chi connectivity index (χ1n) is 6.94. The third-order valence-corrected chi connectivity index (χ3v) is 4.82. The topological polar surface area (TPSA) is 35.8 Å². The predicted molar refractivity (Wildman–Crippen MR) is 81.2 cm³/mol. The summed E-state index contributed by atoms with van der Waals surface area (Å²) < 4.78 is 0.